The number of likely N-dealkylation sites (N-methyl/N-ethyl adjacent to an activating group) is 1. The maximum absolute atomic E-state index is 10.7. The third-order valence-electron chi connectivity index (χ3n) is 3.80. The summed E-state index contributed by atoms with van der Waals surface area (Å²) >= 11 is 0. The number of anilines is 1. The molecule has 0 aliphatic carbocycles. The molecular formula is C21H20N2O3. The molecule has 0 amide bonds. The summed E-state index contributed by atoms with van der Waals surface area (Å²) in [6, 6.07) is 20.4. The minimum atomic E-state index is 0.502. The normalized spacial score (nSPS) is 10.2. The van der Waals surface area contributed by atoms with Crippen molar-refractivity contribution in [1.82, 2.24) is 4.98 Å². The number of aromatic nitrogens is 1. The van der Waals surface area contributed by atoms with Gasteiger partial charge < -0.3 is 14.4 Å². The molecule has 0 bridgehead atoms. The van der Waals surface area contributed by atoms with Crippen molar-refractivity contribution >= 4 is 12.1 Å². The summed E-state index contributed by atoms with van der Waals surface area (Å²) < 4.78 is 11.5. The van der Waals surface area contributed by atoms with Gasteiger partial charge in [-0.2, -0.15) is 0 Å². The van der Waals surface area contributed by atoms with Crippen LogP contribution in [0.2, 0.25) is 0 Å². The first-order chi connectivity index (χ1) is 12.7. The second-order valence-electron chi connectivity index (χ2n) is 5.72. The molecule has 0 saturated carbocycles. The Morgan fingerprint density at radius 2 is 1.73 bits per heavy atom. The zero-order valence-electron chi connectivity index (χ0n) is 14.5. The number of benzene rings is 2. The minimum Gasteiger partial charge on any atom is -0.492 e. The van der Waals surface area contributed by atoms with E-state index >= 15 is 0 Å². The van der Waals surface area contributed by atoms with Crippen LogP contribution in [0.25, 0.3) is 0 Å². The lowest BCUT2D eigenvalue weighted by molar-refractivity contribution is 0.112. The number of pyridine rings is 1. The number of nitrogens with zero attached hydrogens (tertiary/aromatic N) is 2. The molecule has 2 aromatic carbocycles. The molecule has 0 atom stereocenters. The quantitative estimate of drug-likeness (QED) is 0.571. The summed E-state index contributed by atoms with van der Waals surface area (Å²) in [7, 11) is 1.95. The number of carbonyl (C=O) groups is 1. The first-order valence-corrected chi connectivity index (χ1v) is 8.33. The molecule has 3 rings (SSSR count). The lowest BCUT2D eigenvalue weighted by Gasteiger charge is -2.19. The fraction of sp³-hybridized carbons (Fsp3) is 0.143. The van der Waals surface area contributed by atoms with Crippen LogP contribution >= 0.6 is 0 Å². The van der Waals surface area contributed by atoms with Gasteiger partial charge in [-0.1, -0.05) is 18.2 Å². The molecule has 0 N–H and O–H groups in total. The van der Waals surface area contributed by atoms with Gasteiger partial charge in [-0.15, -0.1) is 0 Å². The zero-order valence-corrected chi connectivity index (χ0v) is 14.5. The molecule has 1 aromatic heterocycles. The Morgan fingerprint density at radius 3 is 2.46 bits per heavy atom. The van der Waals surface area contributed by atoms with E-state index < -0.39 is 0 Å². The van der Waals surface area contributed by atoms with Gasteiger partial charge in [0.25, 0.3) is 0 Å². The average Bonchev–Trinajstić information content (AvgIpc) is 2.69. The number of ether oxygens (including phenoxy) is 2. The highest BCUT2D eigenvalue weighted by molar-refractivity contribution is 5.74. The van der Waals surface area contributed by atoms with Gasteiger partial charge in [0.15, 0.2) is 0 Å². The van der Waals surface area contributed by atoms with Gasteiger partial charge in [0.05, 0.1) is 6.54 Å². The number of aldehydes is 1. The van der Waals surface area contributed by atoms with Crippen molar-refractivity contribution in [2.75, 3.05) is 25.1 Å². The van der Waals surface area contributed by atoms with Crippen LogP contribution in [0, 0.1) is 0 Å². The maximum Gasteiger partial charge on any atom is 0.150 e. The van der Waals surface area contributed by atoms with Gasteiger partial charge in [0, 0.05) is 24.9 Å². The van der Waals surface area contributed by atoms with Crippen LogP contribution in [0.1, 0.15) is 10.4 Å². The lowest BCUT2D eigenvalue weighted by atomic mass is 10.2. The number of hydrogen-bond donors (Lipinski definition) is 0. The molecule has 0 unspecified atom stereocenters. The van der Waals surface area contributed by atoms with Crippen molar-refractivity contribution in [3.05, 3.63) is 78.5 Å². The smallest absolute Gasteiger partial charge is 0.150 e. The van der Waals surface area contributed by atoms with Crippen molar-refractivity contribution in [2.24, 2.45) is 0 Å². The van der Waals surface area contributed by atoms with Crippen molar-refractivity contribution in [3.63, 3.8) is 0 Å². The molecule has 0 saturated heterocycles. The Bertz CT molecular complexity index is 835. The number of hydrogen-bond acceptors (Lipinski definition) is 5. The molecule has 0 aliphatic rings. The molecular weight excluding hydrogens is 328 g/mol. The van der Waals surface area contributed by atoms with Gasteiger partial charge in [-0.25, -0.2) is 4.98 Å². The average molecular weight is 348 g/mol. The standard InChI is InChI=1S/C21H20N2O3/c1-23(13-14-25-18-9-7-17(16-24)8-10-18)21-15-20(11-12-22-21)26-19-5-3-2-4-6-19/h2-12,15-16H,13-14H2,1H3. The van der Waals surface area contributed by atoms with E-state index in [0.717, 1.165) is 29.4 Å². The van der Waals surface area contributed by atoms with E-state index in [1.807, 2.05) is 54.4 Å². The molecule has 5 heteroatoms. The Balaban J connectivity index is 1.54. The van der Waals surface area contributed by atoms with E-state index in [4.69, 9.17) is 9.47 Å². The van der Waals surface area contributed by atoms with Crippen molar-refractivity contribution in [1.29, 1.82) is 0 Å². The second kappa shape index (κ2) is 8.67. The van der Waals surface area contributed by atoms with Crippen LogP contribution in [0.3, 0.4) is 0 Å². The van der Waals surface area contributed by atoms with Crippen LogP contribution in [0.4, 0.5) is 5.82 Å². The highest BCUT2D eigenvalue weighted by Crippen LogP contribution is 2.23. The SMILES string of the molecule is CN(CCOc1ccc(C=O)cc1)c1cc(Oc2ccccc2)ccn1. The monoisotopic (exact) mass is 348 g/mol. The van der Waals surface area contributed by atoms with Crippen LogP contribution in [-0.2, 0) is 0 Å². The molecule has 5 nitrogen and oxygen atoms in total. The van der Waals surface area contributed by atoms with Gasteiger partial charge in [-0.05, 0) is 42.5 Å². The van der Waals surface area contributed by atoms with Crippen molar-refractivity contribution < 1.29 is 14.3 Å². The fourth-order valence-corrected chi connectivity index (χ4v) is 2.35. The maximum atomic E-state index is 10.7. The number of para-hydroxylation sites is 1. The van der Waals surface area contributed by atoms with Gasteiger partial charge in [0.1, 0.15) is 36.0 Å². The van der Waals surface area contributed by atoms with E-state index in [1.54, 1.807) is 30.5 Å². The van der Waals surface area contributed by atoms with Crippen LogP contribution in [0.5, 0.6) is 17.2 Å². The van der Waals surface area contributed by atoms with Gasteiger partial charge in [-0.3, -0.25) is 4.79 Å². The summed E-state index contributed by atoms with van der Waals surface area (Å²) in [4.78, 5) is 17.0. The summed E-state index contributed by atoms with van der Waals surface area (Å²) in [5.41, 5.74) is 0.633. The van der Waals surface area contributed by atoms with E-state index in [0.29, 0.717) is 18.7 Å². The minimum absolute atomic E-state index is 0.502. The molecule has 0 aliphatic heterocycles. The summed E-state index contributed by atoms with van der Waals surface area (Å²) in [5, 5.41) is 0. The number of rotatable bonds is 8. The Labute approximate surface area is 152 Å². The first-order valence-electron chi connectivity index (χ1n) is 8.33. The van der Waals surface area contributed by atoms with E-state index in [1.165, 1.54) is 0 Å². The summed E-state index contributed by atoms with van der Waals surface area (Å²) in [5.74, 6) is 3.06. The highest BCUT2D eigenvalue weighted by atomic mass is 16.5. The molecule has 26 heavy (non-hydrogen) atoms. The predicted molar refractivity (Wildman–Crippen MR) is 101 cm³/mol. The third-order valence-corrected chi connectivity index (χ3v) is 3.80. The van der Waals surface area contributed by atoms with Crippen molar-refractivity contribution in [3.8, 4) is 17.2 Å². The molecule has 1 heterocycles. The highest BCUT2D eigenvalue weighted by Gasteiger charge is 2.05. The fourth-order valence-electron chi connectivity index (χ4n) is 2.35. The third kappa shape index (κ3) is 4.83. The first kappa shape index (κ1) is 17.5. The van der Waals surface area contributed by atoms with Crippen molar-refractivity contribution in [2.45, 2.75) is 0 Å². The second-order valence-corrected chi connectivity index (χ2v) is 5.72. The lowest BCUT2D eigenvalue weighted by Crippen LogP contribution is -2.24. The van der Waals surface area contributed by atoms with Crippen LogP contribution in [0.15, 0.2) is 72.9 Å². The topological polar surface area (TPSA) is 51.7 Å². The zero-order chi connectivity index (χ0) is 18.2. The Kier molecular flexibility index (Phi) is 5.83. The van der Waals surface area contributed by atoms with E-state index in [9.17, 15) is 4.79 Å². The Hall–Kier alpha value is -3.34. The summed E-state index contributed by atoms with van der Waals surface area (Å²) in [6.07, 6.45) is 2.54. The Morgan fingerprint density at radius 1 is 0.962 bits per heavy atom. The molecule has 132 valence electrons. The molecule has 0 spiro atoms. The van der Waals surface area contributed by atoms with Gasteiger partial charge >= 0.3 is 0 Å². The van der Waals surface area contributed by atoms with Crippen LogP contribution < -0.4 is 14.4 Å². The van der Waals surface area contributed by atoms with E-state index in [2.05, 4.69) is 4.98 Å². The molecule has 0 radical (unpaired) electrons. The van der Waals surface area contributed by atoms with E-state index in [-0.39, 0.29) is 0 Å². The predicted octanol–water partition coefficient (Wildman–Crippen LogP) is 4.20. The number of carbonyl (C=O) groups excluding carboxylic acids is 1. The van der Waals surface area contributed by atoms with Crippen LogP contribution in [-0.4, -0.2) is 31.5 Å². The molecule has 3 aromatic rings. The van der Waals surface area contributed by atoms with Gasteiger partial charge in [0.2, 0.25) is 0 Å². The largest absolute Gasteiger partial charge is 0.492 e. The summed E-state index contributed by atoms with van der Waals surface area (Å²) in [6.45, 7) is 1.17. The molecule has 0 fully saturated rings.